The number of aromatic nitrogens is 1. The van der Waals surface area contributed by atoms with Gasteiger partial charge in [0, 0.05) is 41.6 Å². The van der Waals surface area contributed by atoms with Crippen LogP contribution in [0.25, 0.3) is 6.08 Å². The zero-order valence-corrected chi connectivity index (χ0v) is 21.1. The summed E-state index contributed by atoms with van der Waals surface area (Å²) in [6, 6.07) is 11.4. The number of nitrogens with zero attached hydrogens (tertiary/aromatic N) is 3. The van der Waals surface area contributed by atoms with E-state index in [-0.39, 0.29) is 22.0 Å². The first-order valence-corrected chi connectivity index (χ1v) is 12.5. The third-order valence-corrected chi connectivity index (χ3v) is 7.56. The van der Waals surface area contributed by atoms with Crippen LogP contribution in [0.1, 0.15) is 39.9 Å². The number of carbonyl (C=O) groups is 1. The first kappa shape index (κ1) is 26.2. The molecule has 3 heterocycles. The number of carbonyl (C=O) groups excluding carboxylic acids is 1. The zero-order chi connectivity index (χ0) is 27.1. The van der Waals surface area contributed by atoms with E-state index < -0.39 is 17.6 Å². The molecule has 1 amide bonds. The molecule has 0 bridgehead atoms. The Morgan fingerprint density at radius 3 is 2.58 bits per heavy atom. The van der Waals surface area contributed by atoms with Crippen LogP contribution >= 0.6 is 11.6 Å². The van der Waals surface area contributed by atoms with Gasteiger partial charge < -0.3 is 10.6 Å². The van der Waals surface area contributed by atoms with Gasteiger partial charge in [-0.15, -0.1) is 0 Å². The van der Waals surface area contributed by atoms with Crippen LogP contribution in [0, 0.1) is 5.82 Å². The van der Waals surface area contributed by atoms with Gasteiger partial charge in [0.15, 0.2) is 0 Å². The highest BCUT2D eigenvalue weighted by atomic mass is 35.5. The lowest BCUT2D eigenvalue weighted by molar-refractivity contribution is -0.137. The molecule has 10 heteroatoms. The molecule has 0 unspecified atom stereocenters. The lowest BCUT2D eigenvalue weighted by atomic mass is 9.74. The number of alkyl halides is 3. The molecular formula is C28H25ClF4N4O. The highest BCUT2D eigenvalue weighted by Crippen LogP contribution is 2.48. The Labute approximate surface area is 222 Å². The maximum absolute atomic E-state index is 13.4. The Morgan fingerprint density at radius 2 is 1.87 bits per heavy atom. The second-order valence-electron chi connectivity index (χ2n) is 9.75. The molecule has 198 valence electrons. The van der Waals surface area contributed by atoms with Crippen molar-refractivity contribution in [1.82, 2.24) is 9.88 Å². The lowest BCUT2D eigenvalue weighted by Crippen LogP contribution is -2.46. The highest BCUT2D eigenvalue weighted by Gasteiger charge is 2.46. The van der Waals surface area contributed by atoms with Crippen molar-refractivity contribution in [1.29, 1.82) is 0 Å². The van der Waals surface area contributed by atoms with Gasteiger partial charge in [-0.3, -0.25) is 9.69 Å². The predicted molar refractivity (Wildman–Crippen MR) is 140 cm³/mol. The van der Waals surface area contributed by atoms with Crippen LogP contribution in [-0.4, -0.2) is 42.0 Å². The minimum atomic E-state index is -4.64. The van der Waals surface area contributed by atoms with Gasteiger partial charge in [0.25, 0.3) is 5.91 Å². The molecule has 0 radical (unpaired) electrons. The van der Waals surface area contributed by atoms with Crippen LogP contribution in [0.5, 0.6) is 0 Å². The minimum Gasteiger partial charge on any atom is -0.399 e. The summed E-state index contributed by atoms with van der Waals surface area (Å²) in [6.07, 6.45) is 1.43. The molecule has 38 heavy (non-hydrogen) atoms. The third kappa shape index (κ3) is 5.13. The molecule has 2 aliphatic rings. The van der Waals surface area contributed by atoms with Crippen LogP contribution in [0.2, 0.25) is 5.15 Å². The summed E-state index contributed by atoms with van der Waals surface area (Å²) < 4.78 is 53.2. The number of rotatable bonds is 4. The summed E-state index contributed by atoms with van der Waals surface area (Å²) in [5, 5.41) is 0.242. The van der Waals surface area contributed by atoms with Crippen molar-refractivity contribution in [3.05, 3.63) is 94.0 Å². The summed E-state index contributed by atoms with van der Waals surface area (Å²) in [7, 11) is 0. The second kappa shape index (κ2) is 10.0. The van der Waals surface area contributed by atoms with E-state index in [0.29, 0.717) is 43.5 Å². The monoisotopic (exact) mass is 544 g/mol. The number of likely N-dealkylation sites (tertiary alicyclic amines) is 1. The fourth-order valence-electron chi connectivity index (χ4n) is 5.40. The van der Waals surface area contributed by atoms with E-state index in [1.807, 2.05) is 12.1 Å². The normalized spacial score (nSPS) is 17.3. The molecule has 1 spiro atoms. The van der Waals surface area contributed by atoms with Crippen molar-refractivity contribution in [3.8, 4) is 0 Å². The number of nitrogens with two attached hydrogens (primary N) is 1. The number of nitrogen functional groups attached to an aromatic ring is 1. The van der Waals surface area contributed by atoms with Gasteiger partial charge in [-0.2, -0.15) is 13.2 Å². The van der Waals surface area contributed by atoms with Crippen molar-refractivity contribution in [2.24, 2.45) is 0 Å². The molecule has 0 saturated carbocycles. The van der Waals surface area contributed by atoms with Gasteiger partial charge >= 0.3 is 6.18 Å². The number of pyridine rings is 1. The molecule has 2 aliphatic heterocycles. The molecule has 3 aromatic rings. The number of benzene rings is 2. The van der Waals surface area contributed by atoms with E-state index in [1.54, 1.807) is 29.2 Å². The number of piperidine rings is 1. The Kier molecular flexibility index (Phi) is 6.92. The Hall–Kier alpha value is -3.43. The summed E-state index contributed by atoms with van der Waals surface area (Å²) in [4.78, 5) is 21.3. The van der Waals surface area contributed by atoms with Gasteiger partial charge in [0.05, 0.1) is 5.56 Å². The minimum absolute atomic E-state index is 0.0713. The van der Waals surface area contributed by atoms with E-state index in [0.717, 1.165) is 36.2 Å². The zero-order valence-electron chi connectivity index (χ0n) is 20.3. The number of fused-ring (bicyclic) bond motifs is 2. The Morgan fingerprint density at radius 1 is 1.11 bits per heavy atom. The average Bonchev–Trinajstić information content (AvgIpc) is 3.18. The predicted octanol–water partition coefficient (Wildman–Crippen LogP) is 6.18. The van der Waals surface area contributed by atoms with Crippen molar-refractivity contribution < 1.29 is 22.4 Å². The average molecular weight is 545 g/mol. The smallest absolute Gasteiger partial charge is 0.399 e. The van der Waals surface area contributed by atoms with Gasteiger partial charge in [-0.05, 0) is 79.5 Å². The lowest BCUT2D eigenvalue weighted by Gasteiger charge is -2.39. The van der Waals surface area contributed by atoms with Crippen molar-refractivity contribution in [2.45, 2.75) is 24.4 Å². The Balaban J connectivity index is 1.31. The molecule has 1 aromatic heterocycles. The summed E-state index contributed by atoms with van der Waals surface area (Å²) in [6.45, 7) is 2.33. The van der Waals surface area contributed by atoms with Crippen LogP contribution in [0.4, 0.5) is 28.9 Å². The first-order valence-electron chi connectivity index (χ1n) is 12.1. The largest absolute Gasteiger partial charge is 0.417 e. The molecule has 1 saturated heterocycles. The third-order valence-electron chi connectivity index (χ3n) is 7.36. The van der Waals surface area contributed by atoms with Crippen LogP contribution < -0.4 is 10.6 Å². The van der Waals surface area contributed by atoms with Crippen LogP contribution in [-0.2, 0) is 11.6 Å². The molecule has 2 aromatic carbocycles. The number of amides is 1. The molecule has 5 nitrogen and oxygen atoms in total. The highest BCUT2D eigenvalue weighted by molar-refractivity contribution is 6.29. The number of anilines is 2. The summed E-state index contributed by atoms with van der Waals surface area (Å²) in [5.74, 6) is -1.09. The van der Waals surface area contributed by atoms with Gasteiger partial charge in [0.2, 0.25) is 0 Å². The van der Waals surface area contributed by atoms with Gasteiger partial charge in [-0.25, -0.2) is 9.37 Å². The summed E-state index contributed by atoms with van der Waals surface area (Å²) >= 11 is 6.01. The molecule has 0 aliphatic carbocycles. The molecule has 5 rings (SSSR count). The van der Waals surface area contributed by atoms with E-state index >= 15 is 0 Å². The van der Waals surface area contributed by atoms with E-state index in [1.165, 1.54) is 12.3 Å². The fraction of sp³-hybridized carbons (Fsp3) is 0.286. The summed E-state index contributed by atoms with van der Waals surface area (Å²) in [5.41, 5.74) is 7.70. The van der Waals surface area contributed by atoms with Crippen LogP contribution in [0.3, 0.4) is 0 Å². The van der Waals surface area contributed by atoms with Crippen molar-refractivity contribution in [3.63, 3.8) is 0 Å². The van der Waals surface area contributed by atoms with E-state index in [9.17, 15) is 22.4 Å². The number of hydrogen-bond acceptors (Lipinski definition) is 4. The quantitative estimate of drug-likeness (QED) is 0.242. The van der Waals surface area contributed by atoms with Crippen molar-refractivity contribution in [2.75, 3.05) is 36.8 Å². The standard InChI is InChI=1S/C28H25ClF4N4O/c29-25-14-19(7-10-35-25)26(38)37-17-27(23-16-21(34)5-6-24(23)37)8-12-36(13-9-27)11-1-2-18-3-4-20(30)15-22(18)28(31,32)33/h1-7,10,14-16H,8-9,11-13,17,34H2/b2-1+. The molecule has 2 N–H and O–H groups in total. The first-order chi connectivity index (χ1) is 18.1. The van der Waals surface area contributed by atoms with Crippen LogP contribution in [0.15, 0.2) is 60.8 Å². The Bertz CT molecular complexity index is 1400. The number of halogens is 5. The SMILES string of the molecule is Nc1ccc2c(c1)C1(CCN(C/C=C/c3ccc(F)cc3C(F)(F)F)CC1)CN2C(=O)c1ccnc(Cl)c1. The topological polar surface area (TPSA) is 62.5 Å². The van der Waals surface area contributed by atoms with Crippen molar-refractivity contribution >= 4 is 35.0 Å². The fourth-order valence-corrected chi connectivity index (χ4v) is 5.57. The van der Waals surface area contributed by atoms with E-state index in [4.69, 9.17) is 17.3 Å². The van der Waals surface area contributed by atoms with Gasteiger partial charge in [0.1, 0.15) is 11.0 Å². The molecule has 0 atom stereocenters. The number of hydrogen-bond donors (Lipinski definition) is 1. The van der Waals surface area contributed by atoms with E-state index in [2.05, 4.69) is 9.88 Å². The molecule has 1 fully saturated rings. The van der Waals surface area contributed by atoms with Gasteiger partial charge in [-0.1, -0.05) is 29.8 Å². The second-order valence-corrected chi connectivity index (χ2v) is 10.1. The maximum atomic E-state index is 13.4. The molecular weight excluding hydrogens is 520 g/mol. The maximum Gasteiger partial charge on any atom is 0.417 e.